The number of carbonyl (C=O) groups is 4. The number of hydrogen-bond acceptors (Lipinski definition) is 8. The van der Waals surface area contributed by atoms with Crippen molar-refractivity contribution in [2.24, 2.45) is 5.92 Å². The molecule has 1 saturated heterocycles. The highest BCUT2D eigenvalue weighted by atomic mass is 16.4. The van der Waals surface area contributed by atoms with E-state index in [-0.39, 0.29) is 18.8 Å². The van der Waals surface area contributed by atoms with Crippen LogP contribution in [0.3, 0.4) is 0 Å². The van der Waals surface area contributed by atoms with E-state index < -0.39 is 48.8 Å². The largest absolute Gasteiger partial charge is 0.481 e. The second-order valence-electron chi connectivity index (χ2n) is 7.71. The van der Waals surface area contributed by atoms with Gasteiger partial charge in [0.25, 0.3) is 0 Å². The minimum Gasteiger partial charge on any atom is -0.481 e. The predicted molar refractivity (Wildman–Crippen MR) is 104 cm³/mol. The predicted octanol–water partition coefficient (Wildman–Crippen LogP) is 0.410. The molecule has 7 N–H and O–H groups in total. The molecule has 0 bridgehead atoms. The number of hydrogen-bond donors (Lipinski definition) is 7. The van der Waals surface area contributed by atoms with Crippen molar-refractivity contribution in [3.8, 4) is 0 Å². The highest BCUT2D eigenvalue weighted by molar-refractivity contribution is 5.74. The van der Waals surface area contributed by atoms with Gasteiger partial charge < -0.3 is 20.4 Å². The van der Waals surface area contributed by atoms with Gasteiger partial charge in [0.2, 0.25) is 0 Å². The van der Waals surface area contributed by atoms with Crippen LogP contribution in [0.2, 0.25) is 0 Å². The summed E-state index contributed by atoms with van der Waals surface area (Å²) in [6, 6.07) is 0. The van der Waals surface area contributed by atoms with Gasteiger partial charge in [-0.25, -0.2) is 10.4 Å². The molecule has 0 aromatic rings. The van der Waals surface area contributed by atoms with Crippen LogP contribution in [0.1, 0.15) is 64.2 Å². The summed E-state index contributed by atoms with van der Waals surface area (Å²) in [6.45, 7) is -0.101. The van der Waals surface area contributed by atoms with Crippen molar-refractivity contribution in [1.82, 2.24) is 21.5 Å². The SMILES string of the molecule is O=C(O)CC1CCCCCNNNN(CC(=O)O)C(CC(=O)O)(CC(=O)O)CCC1. The molecule has 1 aliphatic rings. The summed E-state index contributed by atoms with van der Waals surface area (Å²) in [6.07, 6.45) is 2.98. The Hall–Kier alpha value is -2.28. The van der Waals surface area contributed by atoms with Gasteiger partial charge in [-0.05, 0) is 31.6 Å². The Morgan fingerprint density at radius 1 is 0.833 bits per heavy atom. The first-order chi connectivity index (χ1) is 14.1. The van der Waals surface area contributed by atoms with Gasteiger partial charge in [0, 0.05) is 13.0 Å². The number of carboxylic acid groups (broad SMARTS) is 4. The van der Waals surface area contributed by atoms with Gasteiger partial charge in [0.15, 0.2) is 0 Å². The Kier molecular flexibility index (Phi) is 11.3. The zero-order chi connectivity index (χ0) is 22.6. The van der Waals surface area contributed by atoms with Crippen molar-refractivity contribution in [2.75, 3.05) is 13.1 Å². The van der Waals surface area contributed by atoms with Crippen molar-refractivity contribution in [3.63, 3.8) is 0 Å². The fourth-order valence-corrected chi connectivity index (χ4v) is 3.90. The number of aliphatic carboxylic acids is 4. The van der Waals surface area contributed by atoms with Gasteiger partial charge in [-0.15, -0.1) is 0 Å². The summed E-state index contributed by atoms with van der Waals surface area (Å²) in [5.74, 6) is -4.79. The molecule has 0 aromatic heterocycles. The van der Waals surface area contributed by atoms with Gasteiger partial charge in [0.05, 0.1) is 18.4 Å². The number of hydrazine groups is 3. The van der Waals surface area contributed by atoms with Crippen LogP contribution in [-0.2, 0) is 19.2 Å². The lowest BCUT2D eigenvalue weighted by molar-refractivity contribution is -0.154. The number of rotatable bonds is 8. The summed E-state index contributed by atoms with van der Waals surface area (Å²) >= 11 is 0. The van der Waals surface area contributed by atoms with E-state index in [1.54, 1.807) is 0 Å². The highest BCUT2D eigenvalue weighted by Crippen LogP contribution is 2.31. The summed E-state index contributed by atoms with van der Waals surface area (Å²) in [4.78, 5) is 45.7. The van der Waals surface area contributed by atoms with E-state index >= 15 is 0 Å². The first-order valence-corrected chi connectivity index (χ1v) is 10.0. The maximum atomic E-state index is 11.6. The molecule has 1 heterocycles. The average molecular weight is 432 g/mol. The Morgan fingerprint density at radius 2 is 1.47 bits per heavy atom. The van der Waals surface area contributed by atoms with Crippen molar-refractivity contribution in [2.45, 2.75) is 69.7 Å². The van der Waals surface area contributed by atoms with E-state index in [0.717, 1.165) is 24.3 Å². The molecule has 1 atom stereocenters. The lowest BCUT2D eigenvalue weighted by Crippen LogP contribution is -2.64. The molecule has 12 heteroatoms. The van der Waals surface area contributed by atoms with Crippen LogP contribution in [0.5, 0.6) is 0 Å². The molecule has 0 amide bonds. The van der Waals surface area contributed by atoms with Crippen LogP contribution >= 0.6 is 0 Å². The zero-order valence-electron chi connectivity index (χ0n) is 16.9. The van der Waals surface area contributed by atoms with Gasteiger partial charge in [-0.1, -0.05) is 19.3 Å². The summed E-state index contributed by atoms with van der Waals surface area (Å²) < 4.78 is 0. The lowest BCUT2D eigenvalue weighted by Gasteiger charge is -2.42. The van der Waals surface area contributed by atoms with E-state index in [2.05, 4.69) is 16.5 Å². The van der Waals surface area contributed by atoms with Crippen molar-refractivity contribution >= 4 is 23.9 Å². The molecule has 0 radical (unpaired) electrons. The third kappa shape index (κ3) is 9.96. The first-order valence-electron chi connectivity index (χ1n) is 10.0. The molecule has 0 aromatic carbocycles. The molecule has 1 rings (SSSR count). The van der Waals surface area contributed by atoms with Crippen LogP contribution in [0.4, 0.5) is 0 Å². The molecule has 0 spiro atoms. The third-order valence-corrected chi connectivity index (χ3v) is 5.24. The van der Waals surface area contributed by atoms with E-state index in [9.17, 15) is 34.5 Å². The molecular formula is C18H32N4O8. The van der Waals surface area contributed by atoms with Gasteiger partial charge in [0.1, 0.15) is 6.54 Å². The maximum absolute atomic E-state index is 11.6. The summed E-state index contributed by atoms with van der Waals surface area (Å²) in [7, 11) is 0. The second kappa shape index (κ2) is 13.1. The normalized spacial score (nSPS) is 21.9. The van der Waals surface area contributed by atoms with Crippen LogP contribution in [0.25, 0.3) is 0 Å². The molecule has 0 saturated carbocycles. The molecule has 1 unspecified atom stereocenters. The quantitative estimate of drug-likeness (QED) is 0.280. The molecule has 30 heavy (non-hydrogen) atoms. The smallest absolute Gasteiger partial charge is 0.319 e. The van der Waals surface area contributed by atoms with Crippen LogP contribution in [0, 0.1) is 5.92 Å². The summed E-state index contributed by atoms with van der Waals surface area (Å²) in [5.41, 5.74) is 6.57. The molecule has 12 nitrogen and oxygen atoms in total. The minimum absolute atomic E-state index is 0.0121. The fourth-order valence-electron chi connectivity index (χ4n) is 3.90. The lowest BCUT2D eigenvalue weighted by atomic mass is 9.82. The molecule has 0 aliphatic carbocycles. The second-order valence-corrected chi connectivity index (χ2v) is 7.71. The van der Waals surface area contributed by atoms with Gasteiger partial charge >= 0.3 is 23.9 Å². The van der Waals surface area contributed by atoms with Crippen molar-refractivity contribution in [1.29, 1.82) is 0 Å². The maximum Gasteiger partial charge on any atom is 0.319 e. The van der Waals surface area contributed by atoms with Crippen LogP contribution in [0.15, 0.2) is 0 Å². The average Bonchev–Trinajstić information content (AvgIpc) is 2.60. The number of nitrogens with one attached hydrogen (secondary N) is 3. The Morgan fingerprint density at radius 3 is 2.03 bits per heavy atom. The van der Waals surface area contributed by atoms with E-state index in [0.29, 0.717) is 25.8 Å². The Labute approximate surface area is 174 Å². The molecule has 1 fully saturated rings. The van der Waals surface area contributed by atoms with Crippen LogP contribution in [-0.4, -0.2) is 67.9 Å². The van der Waals surface area contributed by atoms with Crippen LogP contribution < -0.4 is 16.5 Å². The number of carboxylic acids is 4. The molecule has 172 valence electrons. The minimum atomic E-state index is -1.53. The molecular weight excluding hydrogens is 400 g/mol. The van der Waals surface area contributed by atoms with E-state index in [1.165, 1.54) is 0 Å². The Balaban J connectivity index is 3.17. The first kappa shape index (κ1) is 25.8. The Bertz CT molecular complexity index is 585. The monoisotopic (exact) mass is 432 g/mol. The third-order valence-electron chi connectivity index (χ3n) is 5.24. The molecule has 1 aliphatic heterocycles. The topological polar surface area (TPSA) is 189 Å². The standard InChI is InChI=1S/C18H32N4O8/c23-14(24)9-13-5-2-1-3-8-19-20-21-22(12-17(29)30)18(7-4-6-13,10-15(25)26)11-16(27)28/h13,19-21H,1-12H2,(H,23,24)(H,25,26)(H,27,28)(H,29,30). The van der Waals surface area contributed by atoms with E-state index in [1.807, 2.05) is 0 Å². The number of nitrogens with zero attached hydrogens (tertiary/aromatic N) is 1. The van der Waals surface area contributed by atoms with Crippen molar-refractivity contribution in [3.05, 3.63) is 0 Å². The van der Waals surface area contributed by atoms with Gasteiger partial charge in [-0.3, -0.25) is 19.2 Å². The zero-order valence-corrected chi connectivity index (χ0v) is 16.9. The van der Waals surface area contributed by atoms with Crippen molar-refractivity contribution < 1.29 is 39.6 Å². The van der Waals surface area contributed by atoms with Gasteiger partial charge in [-0.2, -0.15) is 11.1 Å². The summed E-state index contributed by atoms with van der Waals surface area (Å²) in [5, 5.41) is 38.4. The fraction of sp³-hybridized carbons (Fsp3) is 0.778. The highest BCUT2D eigenvalue weighted by Gasteiger charge is 2.42. The van der Waals surface area contributed by atoms with E-state index in [4.69, 9.17) is 5.11 Å².